The fraction of sp³-hybridized carbons (Fsp3) is 0.444. The SMILES string of the molecule is C#CCCn1cncc1C(N)CO. The molecule has 4 nitrogen and oxygen atoms in total. The minimum Gasteiger partial charge on any atom is -0.394 e. The highest BCUT2D eigenvalue weighted by Gasteiger charge is 2.09. The average molecular weight is 179 g/mol. The summed E-state index contributed by atoms with van der Waals surface area (Å²) >= 11 is 0. The monoisotopic (exact) mass is 179 g/mol. The van der Waals surface area contributed by atoms with Crippen molar-refractivity contribution in [2.75, 3.05) is 6.61 Å². The first-order chi connectivity index (χ1) is 6.29. The normalized spacial score (nSPS) is 12.4. The predicted octanol–water partition coefficient (Wildman–Crippen LogP) is -0.101. The molecule has 0 aliphatic rings. The van der Waals surface area contributed by atoms with E-state index in [1.807, 2.05) is 4.57 Å². The maximum absolute atomic E-state index is 8.85. The highest BCUT2D eigenvalue weighted by atomic mass is 16.3. The number of aryl methyl sites for hydroxylation is 1. The molecule has 0 saturated carbocycles. The molecule has 0 amide bonds. The summed E-state index contributed by atoms with van der Waals surface area (Å²) in [5.74, 6) is 2.54. The number of nitrogens with zero attached hydrogens (tertiary/aromatic N) is 2. The Morgan fingerprint density at radius 1 is 1.77 bits per heavy atom. The zero-order valence-electron chi connectivity index (χ0n) is 7.35. The molecule has 3 N–H and O–H groups in total. The summed E-state index contributed by atoms with van der Waals surface area (Å²) in [7, 11) is 0. The van der Waals surface area contributed by atoms with Crippen molar-refractivity contribution in [3.8, 4) is 12.3 Å². The van der Waals surface area contributed by atoms with Gasteiger partial charge in [0.05, 0.1) is 24.7 Å². The molecule has 0 aliphatic carbocycles. The average Bonchev–Trinajstić information content (AvgIpc) is 2.61. The molecule has 0 bridgehead atoms. The van der Waals surface area contributed by atoms with Crippen molar-refractivity contribution in [3.05, 3.63) is 18.2 Å². The third-order valence-corrected chi connectivity index (χ3v) is 1.82. The molecule has 1 aromatic rings. The Labute approximate surface area is 77.4 Å². The van der Waals surface area contributed by atoms with Crippen molar-refractivity contribution in [1.29, 1.82) is 0 Å². The van der Waals surface area contributed by atoms with Crippen molar-refractivity contribution in [2.24, 2.45) is 5.73 Å². The maximum atomic E-state index is 8.85. The Balaban J connectivity index is 2.72. The van der Waals surface area contributed by atoms with E-state index >= 15 is 0 Å². The van der Waals surface area contributed by atoms with Gasteiger partial charge in [0, 0.05) is 19.2 Å². The lowest BCUT2D eigenvalue weighted by Crippen LogP contribution is -2.18. The van der Waals surface area contributed by atoms with E-state index in [0.29, 0.717) is 13.0 Å². The molecule has 0 aliphatic heterocycles. The van der Waals surface area contributed by atoms with Crippen LogP contribution in [0.5, 0.6) is 0 Å². The second-order valence-corrected chi connectivity index (χ2v) is 2.76. The molecule has 0 saturated heterocycles. The number of hydrogen-bond donors (Lipinski definition) is 2. The van der Waals surface area contributed by atoms with E-state index in [1.165, 1.54) is 0 Å². The van der Waals surface area contributed by atoms with Crippen LogP contribution < -0.4 is 5.73 Å². The van der Waals surface area contributed by atoms with Gasteiger partial charge < -0.3 is 15.4 Å². The molecular weight excluding hydrogens is 166 g/mol. The van der Waals surface area contributed by atoms with E-state index in [-0.39, 0.29) is 12.6 Å². The van der Waals surface area contributed by atoms with Gasteiger partial charge in [-0.15, -0.1) is 12.3 Å². The van der Waals surface area contributed by atoms with E-state index in [2.05, 4.69) is 10.9 Å². The van der Waals surface area contributed by atoms with Gasteiger partial charge in [0.15, 0.2) is 0 Å². The highest BCUT2D eigenvalue weighted by molar-refractivity contribution is 5.05. The first-order valence-electron chi connectivity index (χ1n) is 4.09. The minimum absolute atomic E-state index is 0.0816. The Morgan fingerprint density at radius 3 is 3.15 bits per heavy atom. The summed E-state index contributed by atoms with van der Waals surface area (Å²) in [6, 6.07) is -0.375. The molecule has 0 radical (unpaired) electrons. The lowest BCUT2D eigenvalue weighted by molar-refractivity contribution is 0.263. The lowest BCUT2D eigenvalue weighted by atomic mass is 10.2. The Kier molecular flexibility index (Phi) is 3.50. The molecule has 0 aromatic carbocycles. The predicted molar refractivity (Wildman–Crippen MR) is 49.7 cm³/mol. The largest absolute Gasteiger partial charge is 0.394 e. The van der Waals surface area contributed by atoms with Crippen LogP contribution in [-0.2, 0) is 6.54 Å². The Hall–Kier alpha value is -1.31. The zero-order chi connectivity index (χ0) is 9.68. The summed E-state index contributed by atoms with van der Waals surface area (Å²) in [6.45, 7) is 0.612. The number of aliphatic hydroxyl groups is 1. The smallest absolute Gasteiger partial charge is 0.0948 e. The standard InChI is InChI=1S/C9H13N3O/c1-2-3-4-12-7-11-5-9(12)8(10)6-13/h1,5,7-8,13H,3-4,6,10H2. The van der Waals surface area contributed by atoms with E-state index in [9.17, 15) is 0 Å². The van der Waals surface area contributed by atoms with Crippen LogP contribution in [0.15, 0.2) is 12.5 Å². The third kappa shape index (κ3) is 2.31. The van der Waals surface area contributed by atoms with Gasteiger partial charge in [0.25, 0.3) is 0 Å². The molecule has 1 aromatic heterocycles. The first kappa shape index (κ1) is 9.78. The molecular formula is C9H13N3O. The van der Waals surface area contributed by atoms with Gasteiger partial charge in [-0.3, -0.25) is 0 Å². The van der Waals surface area contributed by atoms with Gasteiger partial charge in [-0.05, 0) is 0 Å². The van der Waals surface area contributed by atoms with Gasteiger partial charge in [-0.25, -0.2) is 4.98 Å². The summed E-state index contributed by atoms with van der Waals surface area (Å²) in [4.78, 5) is 3.95. The molecule has 1 rings (SSSR count). The van der Waals surface area contributed by atoms with Crippen LogP contribution in [0.4, 0.5) is 0 Å². The summed E-state index contributed by atoms with van der Waals surface area (Å²) in [5, 5.41) is 8.85. The van der Waals surface area contributed by atoms with Crippen LogP contribution in [-0.4, -0.2) is 21.3 Å². The van der Waals surface area contributed by atoms with Crippen molar-refractivity contribution >= 4 is 0 Å². The topological polar surface area (TPSA) is 64.1 Å². The first-order valence-corrected chi connectivity index (χ1v) is 4.09. The molecule has 4 heteroatoms. The summed E-state index contributed by atoms with van der Waals surface area (Å²) in [6.07, 6.45) is 9.10. The zero-order valence-corrected chi connectivity index (χ0v) is 7.35. The Morgan fingerprint density at radius 2 is 2.54 bits per heavy atom. The third-order valence-electron chi connectivity index (χ3n) is 1.82. The van der Waals surface area contributed by atoms with Crippen LogP contribution in [0.2, 0.25) is 0 Å². The van der Waals surface area contributed by atoms with Gasteiger partial charge >= 0.3 is 0 Å². The fourth-order valence-corrected chi connectivity index (χ4v) is 1.11. The van der Waals surface area contributed by atoms with Crippen LogP contribution >= 0.6 is 0 Å². The maximum Gasteiger partial charge on any atom is 0.0948 e. The molecule has 1 heterocycles. The molecule has 70 valence electrons. The summed E-state index contributed by atoms with van der Waals surface area (Å²) < 4.78 is 1.86. The number of nitrogens with two attached hydrogens (primary N) is 1. The second-order valence-electron chi connectivity index (χ2n) is 2.76. The van der Waals surface area contributed by atoms with Crippen molar-refractivity contribution in [1.82, 2.24) is 9.55 Å². The van der Waals surface area contributed by atoms with Gasteiger partial charge in [0.1, 0.15) is 0 Å². The molecule has 1 atom stereocenters. The van der Waals surface area contributed by atoms with E-state index < -0.39 is 0 Å². The van der Waals surface area contributed by atoms with Crippen LogP contribution in [0, 0.1) is 12.3 Å². The molecule has 1 unspecified atom stereocenters. The number of hydrogen-bond acceptors (Lipinski definition) is 3. The number of aromatic nitrogens is 2. The molecule has 0 spiro atoms. The minimum atomic E-state index is -0.375. The number of terminal acetylenes is 1. The molecule has 13 heavy (non-hydrogen) atoms. The van der Waals surface area contributed by atoms with Crippen molar-refractivity contribution in [3.63, 3.8) is 0 Å². The van der Waals surface area contributed by atoms with Crippen molar-refractivity contribution < 1.29 is 5.11 Å². The van der Waals surface area contributed by atoms with Crippen molar-refractivity contribution in [2.45, 2.75) is 19.0 Å². The van der Waals surface area contributed by atoms with E-state index in [1.54, 1.807) is 12.5 Å². The number of rotatable bonds is 4. The molecule has 0 fully saturated rings. The lowest BCUT2D eigenvalue weighted by Gasteiger charge is -2.10. The number of aliphatic hydroxyl groups excluding tert-OH is 1. The second kappa shape index (κ2) is 4.65. The van der Waals surface area contributed by atoms with Gasteiger partial charge in [-0.1, -0.05) is 0 Å². The number of imidazole rings is 1. The van der Waals surface area contributed by atoms with Crippen LogP contribution in [0.25, 0.3) is 0 Å². The van der Waals surface area contributed by atoms with Gasteiger partial charge in [-0.2, -0.15) is 0 Å². The summed E-state index contributed by atoms with van der Waals surface area (Å²) in [5.41, 5.74) is 6.47. The van der Waals surface area contributed by atoms with E-state index in [4.69, 9.17) is 17.3 Å². The van der Waals surface area contributed by atoms with Crippen LogP contribution in [0.1, 0.15) is 18.2 Å². The highest BCUT2D eigenvalue weighted by Crippen LogP contribution is 2.08. The fourth-order valence-electron chi connectivity index (χ4n) is 1.11. The van der Waals surface area contributed by atoms with Gasteiger partial charge in [0.2, 0.25) is 0 Å². The quantitative estimate of drug-likeness (QED) is 0.634. The van der Waals surface area contributed by atoms with Crippen LogP contribution in [0.3, 0.4) is 0 Å². The van der Waals surface area contributed by atoms with E-state index in [0.717, 1.165) is 5.69 Å². The Bertz CT molecular complexity index is 300.